The molecule has 0 atom stereocenters. The van der Waals surface area contributed by atoms with Gasteiger partial charge in [0.25, 0.3) is 0 Å². The van der Waals surface area contributed by atoms with Gasteiger partial charge in [-0.3, -0.25) is 9.59 Å². The number of aryl methyl sites for hydroxylation is 1. The molecule has 0 aliphatic heterocycles. The summed E-state index contributed by atoms with van der Waals surface area (Å²) in [5.41, 5.74) is 2.44. The number of carbonyl (C=O) groups excluding carboxylic acids is 2. The lowest BCUT2D eigenvalue weighted by atomic mass is 10.1. The molecule has 0 spiro atoms. The molecule has 0 aliphatic rings. The topological polar surface area (TPSA) is 71.5 Å². The summed E-state index contributed by atoms with van der Waals surface area (Å²) in [5.74, 6) is -0.303. The molecule has 144 valence electrons. The lowest BCUT2D eigenvalue weighted by Gasteiger charge is -2.21. The third-order valence-corrected chi connectivity index (χ3v) is 5.39. The summed E-state index contributed by atoms with van der Waals surface area (Å²) < 4.78 is 23.0. The summed E-state index contributed by atoms with van der Waals surface area (Å²) in [6.07, 6.45) is 2.12. The van der Waals surface area contributed by atoms with Gasteiger partial charge < -0.3 is 4.90 Å². The largest absolute Gasteiger partial charge is 0.335 e. The van der Waals surface area contributed by atoms with Crippen LogP contribution in [-0.4, -0.2) is 44.4 Å². The summed E-state index contributed by atoms with van der Waals surface area (Å²) in [6.45, 7) is 4.43. The maximum Gasteiger partial charge on any atom is 0.227 e. The number of nitrogens with zero attached hydrogens (tertiary/aromatic N) is 1. The van der Waals surface area contributed by atoms with E-state index in [1.807, 2.05) is 38.1 Å². The predicted molar refractivity (Wildman–Crippen MR) is 106 cm³/mol. The van der Waals surface area contributed by atoms with Crippen molar-refractivity contribution >= 4 is 21.5 Å². The van der Waals surface area contributed by atoms with E-state index < -0.39 is 9.84 Å². The highest BCUT2D eigenvalue weighted by Crippen LogP contribution is 2.12. The molecule has 2 rings (SSSR count). The van der Waals surface area contributed by atoms with Crippen molar-refractivity contribution in [2.45, 2.75) is 31.6 Å². The summed E-state index contributed by atoms with van der Waals surface area (Å²) in [7, 11) is -3.30. The summed E-state index contributed by atoms with van der Waals surface area (Å²) in [6, 6.07) is 13.6. The minimum absolute atomic E-state index is 0.0171. The van der Waals surface area contributed by atoms with E-state index in [0.29, 0.717) is 12.1 Å². The predicted octanol–water partition coefficient (Wildman–Crippen LogP) is 3.06. The number of rotatable bonds is 8. The molecule has 27 heavy (non-hydrogen) atoms. The van der Waals surface area contributed by atoms with Gasteiger partial charge in [-0.05, 0) is 31.0 Å². The maximum absolute atomic E-state index is 12.6. The molecule has 6 heteroatoms. The molecule has 1 amide bonds. The fourth-order valence-electron chi connectivity index (χ4n) is 2.71. The van der Waals surface area contributed by atoms with Gasteiger partial charge in [0.2, 0.25) is 5.91 Å². The zero-order valence-electron chi connectivity index (χ0n) is 15.9. The monoisotopic (exact) mass is 387 g/mol. The SMILES string of the molecule is CCCN(CC(=O)c1ccc(S(C)(=O)=O)cc1)C(=O)Cc1ccc(C)cc1. The van der Waals surface area contributed by atoms with Crippen LogP contribution in [0, 0.1) is 6.92 Å². The first-order chi connectivity index (χ1) is 12.7. The Morgan fingerprint density at radius 1 is 0.963 bits per heavy atom. The van der Waals surface area contributed by atoms with E-state index in [1.54, 1.807) is 4.90 Å². The number of ketones is 1. The van der Waals surface area contributed by atoms with Gasteiger partial charge in [-0.15, -0.1) is 0 Å². The fraction of sp³-hybridized carbons (Fsp3) is 0.333. The van der Waals surface area contributed by atoms with Crippen molar-refractivity contribution in [2.24, 2.45) is 0 Å². The average Bonchev–Trinajstić information content (AvgIpc) is 2.62. The first-order valence-corrected chi connectivity index (χ1v) is 10.8. The Balaban J connectivity index is 2.08. The number of hydrogen-bond acceptors (Lipinski definition) is 4. The van der Waals surface area contributed by atoms with Gasteiger partial charge in [0.05, 0.1) is 17.9 Å². The minimum Gasteiger partial charge on any atom is -0.335 e. The second-order valence-electron chi connectivity index (χ2n) is 6.70. The molecule has 2 aromatic carbocycles. The Morgan fingerprint density at radius 2 is 1.56 bits per heavy atom. The van der Waals surface area contributed by atoms with Crippen molar-refractivity contribution in [1.82, 2.24) is 4.90 Å². The van der Waals surface area contributed by atoms with E-state index >= 15 is 0 Å². The van der Waals surface area contributed by atoms with Gasteiger partial charge >= 0.3 is 0 Å². The highest BCUT2D eigenvalue weighted by molar-refractivity contribution is 7.90. The van der Waals surface area contributed by atoms with Crippen molar-refractivity contribution in [1.29, 1.82) is 0 Å². The van der Waals surface area contributed by atoms with Gasteiger partial charge in [0, 0.05) is 18.4 Å². The number of hydrogen-bond donors (Lipinski definition) is 0. The van der Waals surface area contributed by atoms with E-state index in [4.69, 9.17) is 0 Å². The standard InChI is InChI=1S/C21H25NO4S/c1-4-13-22(21(24)14-17-7-5-16(2)6-8-17)15-20(23)18-9-11-19(12-10-18)27(3,25)26/h5-12H,4,13-15H2,1-3H3. The van der Waals surface area contributed by atoms with E-state index in [1.165, 1.54) is 24.3 Å². The molecular formula is C21H25NO4S. The Morgan fingerprint density at radius 3 is 2.07 bits per heavy atom. The zero-order chi connectivity index (χ0) is 20.0. The van der Waals surface area contributed by atoms with E-state index in [2.05, 4.69) is 0 Å². The smallest absolute Gasteiger partial charge is 0.227 e. The minimum atomic E-state index is -3.30. The second kappa shape index (κ2) is 8.95. The summed E-state index contributed by atoms with van der Waals surface area (Å²) >= 11 is 0. The number of Topliss-reactive ketones (excluding diaryl/α,β-unsaturated/α-hetero) is 1. The first-order valence-electron chi connectivity index (χ1n) is 8.87. The number of carbonyl (C=O) groups is 2. The molecule has 0 bridgehead atoms. The van der Waals surface area contributed by atoms with Crippen LogP contribution < -0.4 is 0 Å². The molecule has 0 saturated heterocycles. The third-order valence-electron chi connectivity index (χ3n) is 4.26. The van der Waals surface area contributed by atoms with Crippen molar-refractivity contribution in [3.8, 4) is 0 Å². The molecule has 0 N–H and O–H groups in total. The van der Waals surface area contributed by atoms with Crippen LogP contribution in [-0.2, 0) is 21.1 Å². The molecule has 0 radical (unpaired) electrons. The van der Waals surface area contributed by atoms with Crippen LogP contribution in [0.1, 0.15) is 34.8 Å². The van der Waals surface area contributed by atoms with Crippen LogP contribution >= 0.6 is 0 Å². The molecule has 0 saturated carbocycles. The van der Waals surface area contributed by atoms with Gasteiger partial charge in [-0.25, -0.2) is 8.42 Å². The maximum atomic E-state index is 12.6. The molecule has 0 fully saturated rings. The molecule has 2 aromatic rings. The number of sulfone groups is 1. The van der Waals surface area contributed by atoms with Crippen molar-refractivity contribution in [3.05, 3.63) is 65.2 Å². The second-order valence-corrected chi connectivity index (χ2v) is 8.71. The van der Waals surface area contributed by atoms with Crippen molar-refractivity contribution in [2.75, 3.05) is 19.3 Å². The van der Waals surface area contributed by atoms with E-state index in [9.17, 15) is 18.0 Å². The van der Waals surface area contributed by atoms with Crippen molar-refractivity contribution in [3.63, 3.8) is 0 Å². The van der Waals surface area contributed by atoms with Crippen LogP contribution in [0.3, 0.4) is 0 Å². The fourth-order valence-corrected chi connectivity index (χ4v) is 3.34. The Labute approximate surface area is 160 Å². The Bertz CT molecular complexity index is 900. The van der Waals surface area contributed by atoms with Gasteiger partial charge in [0.15, 0.2) is 15.6 Å². The normalized spacial score (nSPS) is 11.2. The van der Waals surface area contributed by atoms with E-state index in [0.717, 1.165) is 23.8 Å². The van der Waals surface area contributed by atoms with Crippen LogP contribution in [0.25, 0.3) is 0 Å². The molecule has 0 aliphatic carbocycles. The molecule has 5 nitrogen and oxygen atoms in total. The summed E-state index contributed by atoms with van der Waals surface area (Å²) in [5, 5.41) is 0. The average molecular weight is 388 g/mol. The van der Waals surface area contributed by atoms with Crippen molar-refractivity contribution < 1.29 is 18.0 Å². The molecule has 0 aromatic heterocycles. The van der Waals surface area contributed by atoms with Crippen LogP contribution in [0.5, 0.6) is 0 Å². The molecule has 0 heterocycles. The summed E-state index contributed by atoms with van der Waals surface area (Å²) in [4.78, 5) is 26.9. The van der Waals surface area contributed by atoms with E-state index in [-0.39, 0.29) is 29.6 Å². The van der Waals surface area contributed by atoms with Crippen LogP contribution in [0.15, 0.2) is 53.4 Å². The lowest BCUT2D eigenvalue weighted by molar-refractivity contribution is -0.130. The number of benzene rings is 2. The molecule has 0 unspecified atom stereocenters. The Hall–Kier alpha value is -2.47. The zero-order valence-corrected chi connectivity index (χ0v) is 16.8. The Kier molecular flexibility index (Phi) is 6.91. The van der Waals surface area contributed by atoms with Crippen LogP contribution in [0.2, 0.25) is 0 Å². The van der Waals surface area contributed by atoms with Gasteiger partial charge in [0.1, 0.15) is 0 Å². The lowest BCUT2D eigenvalue weighted by Crippen LogP contribution is -2.37. The quantitative estimate of drug-likeness (QED) is 0.653. The van der Waals surface area contributed by atoms with Gasteiger partial charge in [-0.1, -0.05) is 48.9 Å². The highest BCUT2D eigenvalue weighted by atomic mass is 32.2. The van der Waals surface area contributed by atoms with Gasteiger partial charge in [-0.2, -0.15) is 0 Å². The molecular weight excluding hydrogens is 362 g/mol. The van der Waals surface area contributed by atoms with Crippen LogP contribution in [0.4, 0.5) is 0 Å². The highest BCUT2D eigenvalue weighted by Gasteiger charge is 2.18. The third kappa shape index (κ3) is 6.03. The number of amides is 1. The first kappa shape index (κ1) is 20.8.